The van der Waals surface area contributed by atoms with Gasteiger partial charge >= 0.3 is 5.97 Å². The molecule has 27 heavy (non-hydrogen) atoms. The monoisotopic (exact) mass is 449 g/mol. The van der Waals surface area contributed by atoms with Gasteiger partial charge in [0.25, 0.3) is 0 Å². The highest BCUT2D eigenvalue weighted by molar-refractivity contribution is 5.69. The predicted molar refractivity (Wildman–Crippen MR) is 113 cm³/mol. The number of carbonyl (C=O) groups excluding carboxylic acids is 1. The van der Waals surface area contributed by atoms with E-state index in [1.807, 2.05) is 6.92 Å². The Balaban J connectivity index is 0. The van der Waals surface area contributed by atoms with Gasteiger partial charge in [-0.15, -0.1) is 0 Å². The first-order chi connectivity index (χ1) is 12.5. The maximum atomic E-state index is 11.5. The van der Waals surface area contributed by atoms with Gasteiger partial charge in [-0.2, -0.15) is 0 Å². The van der Waals surface area contributed by atoms with Crippen LogP contribution in [0.5, 0.6) is 0 Å². The second-order valence-electron chi connectivity index (χ2n) is 8.53. The first kappa shape index (κ1) is 29.1. The highest BCUT2D eigenvalue weighted by Crippen LogP contribution is 2.13. The summed E-state index contributed by atoms with van der Waals surface area (Å²) in [5.41, 5.74) is 0. The van der Waals surface area contributed by atoms with Crippen molar-refractivity contribution in [3.8, 4) is 0 Å². The minimum atomic E-state index is -0.0559. The zero-order valence-electron chi connectivity index (χ0n) is 18.9. The van der Waals surface area contributed by atoms with Gasteiger partial charge in [0.05, 0.1) is 40.2 Å². The Bertz CT molecular complexity index is 322. The summed E-state index contributed by atoms with van der Waals surface area (Å²) in [6.45, 7) is 6.69. The van der Waals surface area contributed by atoms with E-state index >= 15 is 0 Å². The molecule has 0 heterocycles. The summed E-state index contributed by atoms with van der Waals surface area (Å²) < 4.78 is 5.94. The zero-order valence-corrected chi connectivity index (χ0v) is 20.5. The second kappa shape index (κ2) is 20.6. The van der Waals surface area contributed by atoms with Crippen LogP contribution in [-0.4, -0.2) is 44.2 Å². The third-order valence-corrected chi connectivity index (χ3v) is 5.34. The Morgan fingerprint density at radius 1 is 0.667 bits per heavy atom. The normalized spacial score (nSPS) is 11.3. The van der Waals surface area contributed by atoms with Crippen LogP contribution in [-0.2, 0) is 9.53 Å². The van der Waals surface area contributed by atoms with Gasteiger partial charge in [0.2, 0.25) is 0 Å². The molecule has 164 valence electrons. The molecule has 0 atom stereocenters. The molecule has 0 radical (unpaired) electrons. The molecule has 0 N–H and O–H groups in total. The maximum absolute atomic E-state index is 11.5. The molecule has 0 aromatic carbocycles. The fourth-order valence-corrected chi connectivity index (χ4v) is 3.47. The molecule has 0 amide bonds. The van der Waals surface area contributed by atoms with Crippen molar-refractivity contribution < 1.29 is 31.0 Å². The van der Waals surface area contributed by atoms with Crippen molar-refractivity contribution in [2.45, 2.75) is 110 Å². The van der Waals surface area contributed by atoms with Crippen molar-refractivity contribution in [3.05, 3.63) is 0 Å². The molecular formula is C23H48BrNO2. The largest absolute Gasteiger partial charge is 1.00 e. The minimum Gasteiger partial charge on any atom is -1.00 e. The Labute approximate surface area is 181 Å². The number of quaternary nitrogens is 1. The quantitative estimate of drug-likeness (QED) is 0.171. The number of ether oxygens (including phenoxy) is 1. The van der Waals surface area contributed by atoms with Crippen LogP contribution in [0, 0.1) is 0 Å². The Morgan fingerprint density at radius 3 is 1.48 bits per heavy atom. The lowest BCUT2D eigenvalue weighted by Gasteiger charge is -2.29. The Morgan fingerprint density at radius 2 is 1.07 bits per heavy atom. The van der Waals surface area contributed by atoms with Crippen LogP contribution in [0.25, 0.3) is 0 Å². The van der Waals surface area contributed by atoms with E-state index in [4.69, 9.17) is 4.74 Å². The van der Waals surface area contributed by atoms with Crippen LogP contribution >= 0.6 is 0 Å². The van der Waals surface area contributed by atoms with Gasteiger partial charge in [-0.3, -0.25) is 4.79 Å². The van der Waals surface area contributed by atoms with E-state index in [9.17, 15) is 4.79 Å². The molecule has 0 aliphatic carbocycles. The SMILES string of the molecule is CCCCCCCCCCCCCCCC[N+](C)(C)CCC(=O)OCC.[Br-]. The van der Waals surface area contributed by atoms with Crippen molar-refractivity contribution in [1.29, 1.82) is 0 Å². The zero-order chi connectivity index (χ0) is 19.5. The van der Waals surface area contributed by atoms with Gasteiger partial charge in [-0.25, -0.2) is 0 Å². The van der Waals surface area contributed by atoms with E-state index in [2.05, 4.69) is 21.0 Å². The van der Waals surface area contributed by atoms with Crippen LogP contribution < -0.4 is 17.0 Å². The summed E-state index contributed by atoms with van der Waals surface area (Å²) in [6, 6.07) is 0. The summed E-state index contributed by atoms with van der Waals surface area (Å²) in [5.74, 6) is -0.0559. The van der Waals surface area contributed by atoms with Crippen LogP contribution in [0.15, 0.2) is 0 Å². The number of carbonyl (C=O) groups is 1. The molecule has 0 unspecified atom stereocenters. The average Bonchev–Trinajstić information content (AvgIpc) is 2.60. The molecule has 0 aliphatic rings. The van der Waals surface area contributed by atoms with Crippen molar-refractivity contribution in [1.82, 2.24) is 0 Å². The Kier molecular flexibility index (Phi) is 22.3. The van der Waals surface area contributed by atoms with Crippen molar-refractivity contribution in [2.24, 2.45) is 0 Å². The first-order valence-electron chi connectivity index (χ1n) is 11.5. The first-order valence-corrected chi connectivity index (χ1v) is 11.5. The maximum Gasteiger partial charge on any atom is 0.311 e. The number of rotatable bonds is 19. The van der Waals surface area contributed by atoms with Crippen molar-refractivity contribution >= 4 is 5.97 Å². The summed E-state index contributed by atoms with van der Waals surface area (Å²) in [4.78, 5) is 11.5. The summed E-state index contributed by atoms with van der Waals surface area (Å²) in [6.07, 6.45) is 20.2. The molecule has 0 fully saturated rings. The van der Waals surface area contributed by atoms with Crippen LogP contribution in [0.2, 0.25) is 0 Å². The summed E-state index contributed by atoms with van der Waals surface area (Å²) in [7, 11) is 4.45. The van der Waals surface area contributed by atoms with E-state index in [0.717, 1.165) is 17.6 Å². The lowest BCUT2D eigenvalue weighted by molar-refractivity contribution is -0.890. The molecule has 0 rings (SSSR count). The van der Waals surface area contributed by atoms with Crippen LogP contribution in [0.1, 0.15) is 110 Å². The van der Waals surface area contributed by atoms with Gasteiger partial charge in [-0.1, -0.05) is 84.0 Å². The number of nitrogens with zero attached hydrogens (tertiary/aromatic N) is 1. The van der Waals surface area contributed by atoms with E-state index < -0.39 is 0 Å². The molecule has 0 aromatic heterocycles. The number of hydrogen-bond donors (Lipinski definition) is 0. The molecule has 0 spiro atoms. The number of esters is 1. The molecule has 0 saturated carbocycles. The van der Waals surface area contributed by atoms with Gasteiger partial charge in [0.15, 0.2) is 0 Å². The third kappa shape index (κ3) is 22.1. The lowest BCUT2D eigenvalue weighted by atomic mass is 10.0. The smallest absolute Gasteiger partial charge is 0.311 e. The molecule has 0 aromatic rings. The van der Waals surface area contributed by atoms with Crippen molar-refractivity contribution in [3.63, 3.8) is 0 Å². The standard InChI is InChI=1S/C23H48NO2.BrH/c1-5-7-8-9-10-11-12-13-14-15-16-17-18-19-21-24(3,4)22-20-23(25)26-6-2;/h5-22H2,1-4H3;1H/q+1;/p-1. The van der Waals surface area contributed by atoms with Crippen LogP contribution in [0.4, 0.5) is 0 Å². The topological polar surface area (TPSA) is 26.3 Å². The van der Waals surface area contributed by atoms with Gasteiger partial charge in [0, 0.05) is 0 Å². The fourth-order valence-electron chi connectivity index (χ4n) is 3.47. The van der Waals surface area contributed by atoms with Crippen LogP contribution in [0.3, 0.4) is 0 Å². The van der Waals surface area contributed by atoms with Gasteiger partial charge < -0.3 is 26.2 Å². The minimum absolute atomic E-state index is 0. The average molecular weight is 451 g/mol. The molecule has 3 nitrogen and oxygen atoms in total. The summed E-state index contributed by atoms with van der Waals surface area (Å²) >= 11 is 0. The third-order valence-electron chi connectivity index (χ3n) is 5.34. The van der Waals surface area contributed by atoms with Crippen molar-refractivity contribution in [2.75, 3.05) is 33.8 Å². The molecular weight excluding hydrogens is 402 g/mol. The molecule has 0 aliphatic heterocycles. The molecule has 0 saturated heterocycles. The highest BCUT2D eigenvalue weighted by atomic mass is 79.9. The van der Waals surface area contributed by atoms with E-state index in [-0.39, 0.29) is 23.0 Å². The highest BCUT2D eigenvalue weighted by Gasteiger charge is 2.16. The number of unbranched alkanes of at least 4 members (excludes halogenated alkanes) is 13. The fraction of sp³-hybridized carbons (Fsp3) is 0.957. The van der Waals surface area contributed by atoms with Gasteiger partial charge in [-0.05, 0) is 19.8 Å². The predicted octanol–water partition coefficient (Wildman–Crippen LogP) is 3.50. The second-order valence-corrected chi connectivity index (χ2v) is 8.53. The summed E-state index contributed by atoms with van der Waals surface area (Å²) in [5, 5.41) is 0. The van der Waals surface area contributed by atoms with E-state index in [1.54, 1.807) is 0 Å². The van der Waals surface area contributed by atoms with Gasteiger partial charge in [0.1, 0.15) is 0 Å². The van der Waals surface area contributed by atoms with E-state index in [0.29, 0.717) is 13.0 Å². The Hall–Kier alpha value is -0.0900. The number of halogens is 1. The van der Waals surface area contributed by atoms with E-state index in [1.165, 1.54) is 89.9 Å². The number of hydrogen-bond acceptors (Lipinski definition) is 2. The molecule has 0 bridgehead atoms. The lowest BCUT2D eigenvalue weighted by Crippen LogP contribution is -3.00. The molecule has 4 heteroatoms.